The second kappa shape index (κ2) is 3.42. The number of carbonyl (C=O) groups excluding carboxylic acids is 1. The Hall–Kier alpha value is -0.270. The molecule has 0 aromatic carbocycles. The number of carbonyl (C=O) groups is 1. The van der Waals surface area contributed by atoms with E-state index < -0.39 is 0 Å². The lowest BCUT2D eigenvalue weighted by atomic mass is 9.97. The molecule has 11 heavy (non-hydrogen) atoms. The molecule has 0 fully saturated rings. The van der Waals surface area contributed by atoms with Crippen molar-refractivity contribution in [2.45, 2.75) is 13.3 Å². The third kappa shape index (κ3) is 2.35. The first-order valence-corrected chi connectivity index (χ1v) is 4.09. The molecule has 1 aliphatic carbocycles. The molecule has 1 rings (SSSR count). The lowest BCUT2D eigenvalue weighted by Crippen LogP contribution is -2.10. The minimum absolute atomic E-state index is 0.106. The van der Waals surface area contributed by atoms with Crippen molar-refractivity contribution in [2.75, 3.05) is 0 Å². The number of rotatable bonds is 1. The summed E-state index contributed by atoms with van der Waals surface area (Å²) >= 11 is 11.4. The second-order valence-electron chi connectivity index (χ2n) is 2.56. The standard InChI is InChI=1S/C8H8Cl2O/c1-5(11)6-2-7(9)4-8(10)3-6/h2,4,6H,3H2,1H3. The van der Waals surface area contributed by atoms with Gasteiger partial charge in [0.15, 0.2) is 0 Å². The van der Waals surface area contributed by atoms with Gasteiger partial charge >= 0.3 is 0 Å². The molecular weight excluding hydrogens is 183 g/mol. The number of hydrogen-bond donors (Lipinski definition) is 0. The molecule has 0 heterocycles. The first-order chi connectivity index (χ1) is 5.09. The monoisotopic (exact) mass is 190 g/mol. The molecule has 1 nitrogen and oxygen atoms in total. The Kier molecular flexibility index (Phi) is 2.74. The predicted molar refractivity (Wildman–Crippen MR) is 46.7 cm³/mol. The van der Waals surface area contributed by atoms with Gasteiger partial charge in [-0.05, 0) is 19.4 Å². The maximum absolute atomic E-state index is 10.9. The maximum atomic E-state index is 10.9. The van der Waals surface area contributed by atoms with Crippen LogP contribution in [-0.2, 0) is 4.79 Å². The minimum Gasteiger partial charge on any atom is -0.299 e. The topological polar surface area (TPSA) is 17.1 Å². The van der Waals surface area contributed by atoms with Gasteiger partial charge in [-0.15, -0.1) is 0 Å². The molecule has 0 aromatic heterocycles. The maximum Gasteiger partial charge on any atom is 0.137 e. The fourth-order valence-electron chi connectivity index (χ4n) is 0.979. The van der Waals surface area contributed by atoms with Crippen molar-refractivity contribution < 1.29 is 4.79 Å². The fourth-order valence-corrected chi connectivity index (χ4v) is 1.60. The van der Waals surface area contributed by atoms with Crippen molar-refractivity contribution in [3.63, 3.8) is 0 Å². The van der Waals surface area contributed by atoms with Gasteiger partial charge in [0, 0.05) is 16.0 Å². The van der Waals surface area contributed by atoms with Gasteiger partial charge in [-0.2, -0.15) is 0 Å². The molecule has 60 valence electrons. The lowest BCUT2D eigenvalue weighted by molar-refractivity contribution is -0.119. The Morgan fingerprint density at radius 2 is 2.27 bits per heavy atom. The number of allylic oxidation sites excluding steroid dienone is 4. The van der Waals surface area contributed by atoms with Gasteiger partial charge in [-0.3, -0.25) is 4.79 Å². The van der Waals surface area contributed by atoms with Crippen LogP contribution in [-0.4, -0.2) is 5.78 Å². The van der Waals surface area contributed by atoms with Crippen molar-refractivity contribution in [3.8, 4) is 0 Å². The van der Waals surface area contributed by atoms with Gasteiger partial charge in [0.1, 0.15) is 5.78 Å². The molecule has 0 saturated heterocycles. The van der Waals surface area contributed by atoms with Crippen molar-refractivity contribution in [2.24, 2.45) is 5.92 Å². The molecule has 0 N–H and O–H groups in total. The highest BCUT2D eigenvalue weighted by Gasteiger charge is 2.16. The van der Waals surface area contributed by atoms with Gasteiger partial charge in [0.05, 0.1) is 0 Å². The molecule has 3 heteroatoms. The van der Waals surface area contributed by atoms with Gasteiger partial charge in [0.2, 0.25) is 0 Å². The van der Waals surface area contributed by atoms with Crippen LogP contribution in [0.5, 0.6) is 0 Å². The summed E-state index contributed by atoms with van der Waals surface area (Å²) in [7, 11) is 0. The number of hydrogen-bond acceptors (Lipinski definition) is 1. The molecule has 0 spiro atoms. The van der Waals surface area contributed by atoms with Crippen LogP contribution in [0.3, 0.4) is 0 Å². The SMILES string of the molecule is CC(=O)C1C=C(Cl)C=C(Cl)C1. The van der Waals surface area contributed by atoms with Crippen LogP contribution >= 0.6 is 23.2 Å². The predicted octanol–water partition coefficient (Wildman–Crippen LogP) is 2.84. The summed E-state index contributed by atoms with van der Waals surface area (Å²) in [5.74, 6) is -0.0191. The normalized spacial score (nSPS) is 24.1. The van der Waals surface area contributed by atoms with E-state index in [-0.39, 0.29) is 11.7 Å². The Bertz CT molecular complexity index is 240. The molecule has 1 unspecified atom stereocenters. The van der Waals surface area contributed by atoms with E-state index in [4.69, 9.17) is 23.2 Å². The zero-order valence-corrected chi connectivity index (χ0v) is 7.62. The van der Waals surface area contributed by atoms with E-state index in [1.165, 1.54) is 0 Å². The molecule has 0 saturated carbocycles. The van der Waals surface area contributed by atoms with Crippen LogP contribution in [0, 0.1) is 5.92 Å². The van der Waals surface area contributed by atoms with Crippen molar-refractivity contribution in [3.05, 3.63) is 22.2 Å². The molecular formula is C8H8Cl2O. The molecule has 1 aliphatic rings. The quantitative estimate of drug-likeness (QED) is 0.622. The zero-order valence-electron chi connectivity index (χ0n) is 6.10. The second-order valence-corrected chi connectivity index (χ2v) is 3.49. The average molecular weight is 191 g/mol. The number of Topliss-reactive ketones (excluding diaryl/α,β-unsaturated/α-hetero) is 1. The minimum atomic E-state index is -0.125. The summed E-state index contributed by atoms with van der Waals surface area (Å²) in [5, 5.41) is 1.21. The number of halogens is 2. The van der Waals surface area contributed by atoms with Crippen LogP contribution in [0.2, 0.25) is 0 Å². The fraction of sp³-hybridized carbons (Fsp3) is 0.375. The van der Waals surface area contributed by atoms with Gasteiger partial charge in [0.25, 0.3) is 0 Å². The Labute approximate surface area is 75.7 Å². The Morgan fingerprint density at radius 3 is 2.73 bits per heavy atom. The van der Waals surface area contributed by atoms with Crippen LogP contribution in [0.4, 0.5) is 0 Å². The van der Waals surface area contributed by atoms with Crippen molar-refractivity contribution in [1.82, 2.24) is 0 Å². The molecule has 0 amide bonds. The van der Waals surface area contributed by atoms with E-state index >= 15 is 0 Å². The summed E-state index contributed by atoms with van der Waals surface area (Å²) in [5.41, 5.74) is 0. The van der Waals surface area contributed by atoms with Crippen LogP contribution in [0.25, 0.3) is 0 Å². The largest absolute Gasteiger partial charge is 0.299 e. The smallest absolute Gasteiger partial charge is 0.137 e. The van der Waals surface area contributed by atoms with E-state index in [0.29, 0.717) is 16.5 Å². The summed E-state index contributed by atoms with van der Waals surface area (Å²) in [6.45, 7) is 1.54. The van der Waals surface area contributed by atoms with E-state index in [0.717, 1.165) is 0 Å². The van der Waals surface area contributed by atoms with Gasteiger partial charge in [-0.25, -0.2) is 0 Å². The van der Waals surface area contributed by atoms with E-state index in [1.807, 2.05) is 0 Å². The molecule has 0 bridgehead atoms. The van der Waals surface area contributed by atoms with E-state index in [1.54, 1.807) is 19.1 Å². The van der Waals surface area contributed by atoms with Crippen LogP contribution < -0.4 is 0 Å². The molecule has 0 aromatic rings. The summed E-state index contributed by atoms with van der Waals surface area (Å²) in [6, 6.07) is 0. The first kappa shape index (κ1) is 8.82. The Morgan fingerprint density at radius 1 is 1.64 bits per heavy atom. The van der Waals surface area contributed by atoms with Crippen LogP contribution in [0.1, 0.15) is 13.3 Å². The zero-order chi connectivity index (χ0) is 8.43. The van der Waals surface area contributed by atoms with Gasteiger partial charge < -0.3 is 0 Å². The molecule has 1 atom stereocenters. The lowest BCUT2D eigenvalue weighted by Gasteiger charge is -2.12. The van der Waals surface area contributed by atoms with E-state index in [9.17, 15) is 4.79 Å². The highest BCUT2D eigenvalue weighted by molar-refractivity contribution is 6.35. The highest BCUT2D eigenvalue weighted by atomic mass is 35.5. The van der Waals surface area contributed by atoms with E-state index in [2.05, 4.69) is 0 Å². The highest BCUT2D eigenvalue weighted by Crippen LogP contribution is 2.27. The first-order valence-electron chi connectivity index (χ1n) is 3.33. The average Bonchev–Trinajstić information content (AvgIpc) is 1.85. The third-order valence-corrected chi connectivity index (χ3v) is 2.09. The summed E-state index contributed by atoms with van der Waals surface area (Å²) in [4.78, 5) is 10.9. The third-order valence-electron chi connectivity index (χ3n) is 1.59. The molecule has 0 aliphatic heterocycles. The number of ketones is 1. The Balaban J connectivity index is 2.79. The summed E-state index contributed by atoms with van der Waals surface area (Å²) < 4.78 is 0. The van der Waals surface area contributed by atoms with Gasteiger partial charge in [-0.1, -0.05) is 29.3 Å². The molecule has 0 radical (unpaired) electrons. The van der Waals surface area contributed by atoms with Crippen molar-refractivity contribution >= 4 is 29.0 Å². The van der Waals surface area contributed by atoms with Crippen LogP contribution in [0.15, 0.2) is 22.2 Å². The van der Waals surface area contributed by atoms with Crippen molar-refractivity contribution in [1.29, 1.82) is 0 Å². The summed E-state index contributed by atoms with van der Waals surface area (Å²) in [6.07, 6.45) is 3.99.